The van der Waals surface area contributed by atoms with Crippen molar-refractivity contribution in [3.8, 4) is 16.9 Å². The summed E-state index contributed by atoms with van der Waals surface area (Å²) in [6.45, 7) is 3.57. The second-order valence-corrected chi connectivity index (χ2v) is 7.97. The average molecular weight is 430 g/mol. The fourth-order valence-corrected chi connectivity index (χ4v) is 4.10. The van der Waals surface area contributed by atoms with Gasteiger partial charge in [-0.25, -0.2) is 4.79 Å². The van der Waals surface area contributed by atoms with Crippen molar-refractivity contribution in [3.05, 3.63) is 69.6 Å². The predicted octanol–water partition coefficient (Wildman–Crippen LogP) is 5.49. The van der Waals surface area contributed by atoms with Gasteiger partial charge in [0.1, 0.15) is 16.3 Å². The maximum Gasteiger partial charge on any atom is 0.341 e. The smallest absolute Gasteiger partial charge is 0.341 e. The predicted molar refractivity (Wildman–Crippen MR) is 116 cm³/mol. The molecule has 0 bridgehead atoms. The number of methoxy groups -OCH3 is 1. The van der Waals surface area contributed by atoms with E-state index in [1.165, 1.54) is 18.4 Å². The summed E-state index contributed by atoms with van der Waals surface area (Å²) in [5.41, 5.74) is 2.85. The molecule has 0 aliphatic carbocycles. The molecule has 0 unspecified atom stereocenters. The van der Waals surface area contributed by atoms with E-state index in [0.717, 1.165) is 21.6 Å². The molecule has 1 amide bonds. The number of amides is 1. The normalized spacial score (nSPS) is 10.5. The SMILES string of the molecule is COC(=O)c1c(NC(=O)COc2ccc(Cl)c(C)c2)sc(C)c1-c1ccccc1. The second kappa shape index (κ2) is 9.11. The molecule has 0 fully saturated rings. The van der Waals surface area contributed by atoms with Crippen molar-refractivity contribution in [2.75, 3.05) is 19.0 Å². The van der Waals surface area contributed by atoms with E-state index in [9.17, 15) is 9.59 Å². The van der Waals surface area contributed by atoms with Crippen LogP contribution in [0.3, 0.4) is 0 Å². The molecule has 0 saturated heterocycles. The molecular formula is C22H20ClNO4S. The molecule has 3 aromatic rings. The third-order valence-corrected chi connectivity index (χ3v) is 5.73. The van der Waals surface area contributed by atoms with E-state index in [-0.39, 0.29) is 12.5 Å². The number of carbonyl (C=O) groups excluding carboxylic acids is 2. The van der Waals surface area contributed by atoms with Gasteiger partial charge in [0.2, 0.25) is 0 Å². The number of anilines is 1. The lowest BCUT2D eigenvalue weighted by Crippen LogP contribution is -2.21. The van der Waals surface area contributed by atoms with E-state index in [1.54, 1.807) is 18.2 Å². The highest BCUT2D eigenvalue weighted by molar-refractivity contribution is 7.17. The summed E-state index contributed by atoms with van der Waals surface area (Å²) in [5.74, 6) is -0.330. The van der Waals surface area contributed by atoms with E-state index in [1.807, 2.05) is 44.2 Å². The van der Waals surface area contributed by atoms with Gasteiger partial charge in [-0.15, -0.1) is 11.3 Å². The van der Waals surface area contributed by atoms with Gasteiger partial charge in [-0.3, -0.25) is 4.79 Å². The molecule has 7 heteroatoms. The fourth-order valence-electron chi connectivity index (χ4n) is 2.90. The van der Waals surface area contributed by atoms with E-state index in [2.05, 4.69) is 5.32 Å². The summed E-state index contributed by atoms with van der Waals surface area (Å²) in [6, 6.07) is 14.7. The number of aryl methyl sites for hydroxylation is 2. The van der Waals surface area contributed by atoms with Crippen LogP contribution in [0.2, 0.25) is 5.02 Å². The third-order valence-electron chi connectivity index (χ3n) is 4.29. The minimum absolute atomic E-state index is 0.195. The minimum Gasteiger partial charge on any atom is -0.484 e. The molecule has 0 aliphatic heterocycles. The molecule has 0 saturated carbocycles. The number of nitrogens with one attached hydrogen (secondary N) is 1. The number of esters is 1. The molecule has 2 aromatic carbocycles. The summed E-state index contributed by atoms with van der Waals surface area (Å²) < 4.78 is 10.5. The lowest BCUT2D eigenvalue weighted by Gasteiger charge is -2.10. The molecule has 3 rings (SSSR count). The van der Waals surface area contributed by atoms with Gasteiger partial charge in [0, 0.05) is 15.5 Å². The van der Waals surface area contributed by atoms with Crippen LogP contribution in [0.15, 0.2) is 48.5 Å². The number of ether oxygens (including phenoxy) is 2. The molecule has 5 nitrogen and oxygen atoms in total. The van der Waals surface area contributed by atoms with Crippen molar-refractivity contribution in [2.24, 2.45) is 0 Å². The van der Waals surface area contributed by atoms with Gasteiger partial charge in [-0.1, -0.05) is 41.9 Å². The van der Waals surface area contributed by atoms with Crippen LogP contribution in [0.1, 0.15) is 20.8 Å². The Balaban J connectivity index is 1.82. The van der Waals surface area contributed by atoms with Crippen molar-refractivity contribution in [2.45, 2.75) is 13.8 Å². The van der Waals surface area contributed by atoms with E-state index in [4.69, 9.17) is 21.1 Å². The fraction of sp³-hybridized carbons (Fsp3) is 0.182. The van der Waals surface area contributed by atoms with Gasteiger partial charge >= 0.3 is 5.97 Å². The number of carbonyl (C=O) groups is 2. The molecule has 150 valence electrons. The molecule has 29 heavy (non-hydrogen) atoms. The molecule has 0 spiro atoms. The summed E-state index contributed by atoms with van der Waals surface area (Å²) in [5, 5.41) is 3.85. The highest BCUT2D eigenvalue weighted by Gasteiger charge is 2.25. The Bertz CT molecular complexity index is 1050. The first kappa shape index (κ1) is 20.9. The number of hydrogen-bond acceptors (Lipinski definition) is 5. The Morgan fingerprint density at radius 2 is 1.83 bits per heavy atom. The lowest BCUT2D eigenvalue weighted by molar-refractivity contribution is -0.118. The maximum atomic E-state index is 12.5. The van der Waals surface area contributed by atoms with Crippen molar-refractivity contribution in [1.29, 1.82) is 0 Å². The lowest BCUT2D eigenvalue weighted by atomic mass is 10.0. The zero-order valence-corrected chi connectivity index (χ0v) is 17.8. The van der Waals surface area contributed by atoms with Crippen LogP contribution in [0.4, 0.5) is 5.00 Å². The zero-order valence-electron chi connectivity index (χ0n) is 16.2. The van der Waals surface area contributed by atoms with Crippen LogP contribution in [0, 0.1) is 13.8 Å². The largest absolute Gasteiger partial charge is 0.484 e. The first-order valence-corrected chi connectivity index (χ1v) is 10.1. The van der Waals surface area contributed by atoms with Crippen LogP contribution in [-0.2, 0) is 9.53 Å². The number of hydrogen-bond donors (Lipinski definition) is 1. The summed E-state index contributed by atoms with van der Waals surface area (Å²) >= 11 is 7.33. The van der Waals surface area contributed by atoms with Gasteiger partial charge in [0.05, 0.1) is 7.11 Å². The quantitative estimate of drug-likeness (QED) is 0.526. The highest BCUT2D eigenvalue weighted by Crippen LogP contribution is 2.40. The maximum absolute atomic E-state index is 12.5. The van der Waals surface area contributed by atoms with E-state index >= 15 is 0 Å². The van der Waals surface area contributed by atoms with Gasteiger partial charge in [0.15, 0.2) is 6.61 Å². The Morgan fingerprint density at radius 3 is 2.48 bits per heavy atom. The minimum atomic E-state index is -0.502. The van der Waals surface area contributed by atoms with Gasteiger partial charge in [0.25, 0.3) is 5.91 Å². The van der Waals surface area contributed by atoms with Crippen LogP contribution in [0.5, 0.6) is 5.75 Å². The molecule has 1 heterocycles. The third kappa shape index (κ3) is 4.78. The van der Waals surface area contributed by atoms with Crippen LogP contribution >= 0.6 is 22.9 Å². The monoisotopic (exact) mass is 429 g/mol. The van der Waals surface area contributed by atoms with Crippen molar-refractivity contribution in [3.63, 3.8) is 0 Å². The first-order chi connectivity index (χ1) is 13.9. The number of thiophene rings is 1. The van der Waals surface area contributed by atoms with Crippen LogP contribution < -0.4 is 10.1 Å². The average Bonchev–Trinajstić information content (AvgIpc) is 3.04. The number of halogens is 1. The van der Waals surface area contributed by atoms with Crippen LogP contribution in [0.25, 0.3) is 11.1 Å². The van der Waals surface area contributed by atoms with Crippen molar-refractivity contribution in [1.82, 2.24) is 0 Å². The highest BCUT2D eigenvalue weighted by atomic mass is 35.5. The number of rotatable bonds is 6. The summed E-state index contributed by atoms with van der Waals surface area (Å²) in [6.07, 6.45) is 0. The first-order valence-electron chi connectivity index (χ1n) is 8.86. The van der Waals surface area contributed by atoms with E-state index < -0.39 is 5.97 Å². The molecular weight excluding hydrogens is 410 g/mol. The Kier molecular flexibility index (Phi) is 6.56. The van der Waals surface area contributed by atoms with Gasteiger partial charge in [-0.2, -0.15) is 0 Å². The molecule has 1 aromatic heterocycles. The van der Waals surface area contributed by atoms with Gasteiger partial charge in [-0.05, 0) is 43.2 Å². The van der Waals surface area contributed by atoms with Crippen molar-refractivity contribution >= 4 is 39.8 Å². The Morgan fingerprint density at radius 1 is 1.10 bits per heavy atom. The number of benzene rings is 2. The van der Waals surface area contributed by atoms with E-state index in [0.29, 0.717) is 21.3 Å². The topological polar surface area (TPSA) is 64.6 Å². The zero-order chi connectivity index (χ0) is 21.0. The molecule has 0 radical (unpaired) electrons. The molecule has 0 aliphatic rings. The van der Waals surface area contributed by atoms with Crippen LogP contribution in [-0.4, -0.2) is 25.6 Å². The van der Waals surface area contributed by atoms with Gasteiger partial charge < -0.3 is 14.8 Å². The molecule has 0 atom stereocenters. The summed E-state index contributed by atoms with van der Waals surface area (Å²) in [4.78, 5) is 25.8. The standard InChI is InChI=1S/C22H20ClNO4S/c1-13-11-16(9-10-17(13)23)28-12-18(25)24-21-20(22(26)27-3)19(14(2)29-21)15-7-5-4-6-8-15/h4-11H,12H2,1-3H3,(H,24,25). The Hall–Kier alpha value is -2.83. The van der Waals surface area contributed by atoms with Crippen molar-refractivity contribution < 1.29 is 19.1 Å². The molecule has 1 N–H and O–H groups in total. The summed E-state index contributed by atoms with van der Waals surface area (Å²) in [7, 11) is 1.32. The Labute approximate surface area is 178 Å². The second-order valence-electron chi connectivity index (χ2n) is 6.34.